The van der Waals surface area contributed by atoms with Gasteiger partial charge in [-0.25, -0.2) is 0 Å². The van der Waals surface area contributed by atoms with Gasteiger partial charge in [0, 0.05) is 0 Å². The van der Waals surface area contributed by atoms with Gasteiger partial charge >= 0.3 is 0 Å². The maximum Gasteiger partial charge on any atom is 0.121 e. The van der Waals surface area contributed by atoms with Gasteiger partial charge < -0.3 is 5.11 Å². The molecule has 0 saturated carbocycles. The molecule has 1 aliphatic rings. The lowest BCUT2D eigenvalue weighted by molar-refractivity contribution is 0.367. The van der Waals surface area contributed by atoms with Crippen LogP contribution in [0.3, 0.4) is 0 Å². The quantitative estimate of drug-likeness (QED) is 0.640. The van der Waals surface area contributed by atoms with Gasteiger partial charge in [0.05, 0.1) is 0 Å². The minimum absolute atomic E-state index is 0.503. The van der Waals surface area contributed by atoms with Gasteiger partial charge in [-0.2, -0.15) is 0 Å². The summed E-state index contributed by atoms with van der Waals surface area (Å²) < 4.78 is 0. The Balaban J connectivity index is 2.30. The Morgan fingerprint density at radius 3 is 2.64 bits per heavy atom. The highest BCUT2D eigenvalue weighted by Crippen LogP contribution is 2.47. The van der Waals surface area contributed by atoms with Crippen LogP contribution in [0.25, 0.3) is 0 Å². The predicted molar refractivity (Wildman–Crippen MR) is 95.8 cm³/mol. The Morgan fingerprint density at radius 2 is 2.00 bits per heavy atom. The van der Waals surface area contributed by atoms with E-state index in [4.69, 9.17) is 0 Å². The first-order valence-corrected chi connectivity index (χ1v) is 8.79. The first-order valence-electron chi connectivity index (χ1n) is 8.79. The lowest BCUT2D eigenvalue weighted by atomic mass is 9.70. The summed E-state index contributed by atoms with van der Waals surface area (Å²) in [5.41, 5.74) is 6.50. The van der Waals surface area contributed by atoms with Crippen molar-refractivity contribution in [2.75, 3.05) is 0 Å². The summed E-state index contributed by atoms with van der Waals surface area (Å²) in [5, 5.41) is 10.3. The van der Waals surface area contributed by atoms with Gasteiger partial charge in [0.2, 0.25) is 0 Å². The van der Waals surface area contributed by atoms with Crippen LogP contribution in [0.4, 0.5) is 0 Å². The molecule has 0 amide bonds. The average molecular weight is 300 g/mol. The summed E-state index contributed by atoms with van der Waals surface area (Å²) in [5.74, 6) is 2.42. The Morgan fingerprint density at radius 1 is 1.32 bits per heavy atom. The van der Waals surface area contributed by atoms with Crippen molar-refractivity contribution in [2.45, 2.75) is 79.1 Å². The normalized spacial score (nSPS) is 22.1. The Kier molecular flexibility index (Phi) is 5.36. The zero-order chi connectivity index (χ0) is 16.4. The third-order valence-electron chi connectivity index (χ3n) is 5.48. The SMILES string of the molecule is CC(C)=CCCC(C)[C@@H]1CC[C@@H](C)c2c1cc(C)c(O)c2C. The van der Waals surface area contributed by atoms with Crippen molar-refractivity contribution in [1.82, 2.24) is 0 Å². The van der Waals surface area contributed by atoms with Gasteiger partial charge in [-0.3, -0.25) is 0 Å². The fraction of sp³-hybridized carbons (Fsp3) is 0.619. The molecule has 0 bridgehead atoms. The highest BCUT2D eigenvalue weighted by atomic mass is 16.3. The zero-order valence-corrected chi connectivity index (χ0v) is 15.2. The van der Waals surface area contributed by atoms with Crippen LogP contribution in [0, 0.1) is 19.8 Å². The number of aromatic hydroxyl groups is 1. The molecule has 2 rings (SSSR count). The summed E-state index contributed by atoms with van der Waals surface area (Å²) in [6.45, 7) is 13.2. The summed E-state index contributed by atoms with van der Waals surface area (Å²) >= 11 is 0. The third-order valence-corrected chi connectivity index (χ3v) is 5.48. The number of fused-ring (bicyclic) bond motifs is 1. The third kappa shape index (κ3) is 3.39. The van der Waals surface area contributed by atoms with Crippen molar-refractivity contribution in [3.8, 4) is 5.75 Å². The second-order valence-electron chi connectivity index (χ2n) is 7.59. The lowest BCUT2D eigenvalue weighted by Gasteiger charge is -2.35. The molecule has 3 atom stereocenters. The highest BCUT2D eigenvalue weighted by Gasteiger charge is 2.30. The van der Waals surface area contributed by atoms with Crippen molar-refractivity contribution >= 4 is 0 Å². The number of rotatable bonds is 4. The van der Waals surface area contributed by atoms with Crippen LogP contribution < -0.4 is 0 Å². The van der Waals surface area contributed by atoms with Crippen molar-refractivity contribution in [1.29, 1.82) is 0 Å². The van der Waals surface area contributed by atoms with E-state index in [1.807, 2.05) is 6.92 Å². The summed E-state index contributed by atoms with van der Waals surface area (Å²) in [6, 6.07) is 2.26. The molecule has 0 radical (unpaired) electrons. The fourth-order valence-corrected chi connectivity index (χ4v) is 4.14. The van der Waals surface area contributed by atoms with Crippen LogP contribution in [0.2, 0.25) is 0 Å². The van der Waals surface area contributed by atoms with Crippen molar-refractivity contribution < 1.29 is 5.11 Å². The molecule has 1 aromatic rings. The lowest BCUT2D eigenvalue weighted by Crippen LogP contribution is -2.20. The molecule has 1 heteroatoms. The molecule has 122 valence electrons. The maximum absolute atomic E-state index is 10.3. The fourth-order valence-electron chi connectivity index (χ4n) is 4.14. The number of hydrogen-bond donors (Lipinski definition) is 1. The largest absolute Gasteiger partial charge is 0.507 e. The van der Waals surface area contributed by atoms with Crippen LogP contribution in [-0.2, 0) is 0 Å². The van der Waals surface area contributed by atoms with Crippen LogP contribution in [0.5, 0.6) is 5.75 Å². The standard InChI is InChI=1S/C21H32O/c1-13(2)8-7-9-14(3)18-11-10-15(4)20-17(6)21(22)16(5)12-19(18)20/h8,12,14-15,18,22H,7,9-11H2,1-6H3/t14?,15-,18+/m1/s1. The zero-order valence-electron chi connectivity index (χ0n) is 15.2. The summed E-state index contributed by atoms with van der Waals surface area (Å²) in [4.78, 5) is 0. The van der Waals surface area contributed by atoms with E-state index in [1.165, 1.54) is 42.4 Å². The first-order chi connectivity index (χ1) is 10.3. The molecule has 0 fully saturated rings. The Bertz CT molecular complexity index is 564. The van der Waals surface area contributed by atoms with Crippen LogP contribution >= 0.6 is 0 Å². The van der Waals surface area contributed by atoms with Gasteiger partial charge in [-0.15, -0.1) is 0 Å². The van der Waals surface area contributed by atoms with E-state index < -0.39 is 0 Å². The van der Waals surface area contributed by atoms with E-state index in [2.05, 4.69) is 46.8 Å². The smallest absolute Gasteiger partial charge is 0.121 e. The van der Waals surface area contributed by atoms with E-state index in [0.29, 0.717) is 23.5 Å². The van der Waals surface area contributed by atoms with Gasteiger partial charge in [-0.05, 0) is 93.4 Å². The van der Waals surface area contributed by atoms with Crippen molar-refractivity contribution in [3.05, 3.63) is 40.0 Å². The van der Waals surface area contributed by atoms with Gasteiger partial charge in [0.1, 0.15) is 5.75 Å². The molecule has 1 N–H and O–H groups in total. The number of phenols is 1. The van der Waals surface area contributed by atoms with E-state index >= 15 is 0 Å². The number of phenolic OH excluding ortho intramolecular Hbond substituents is 1. The monoisotopic (exact) mass is 300 g/mol. The molecule has 22 heavy (non-hydrogen) atoms. The van der Waals surface area contributed by atoms with Crippen LogP contribution in [0.1, 0.15) is 87.5 Å². The molecular formula is C21H32O. The molecule has 0 heterocycles. The van der Waals surface area contributed by atoms with Crippen LogP contribution in [0.15, 0.2) is 17.7 Å². The van der Waals surface area contributed by atoms with Crippen LogP contribution in [-0.4, -0.2) is 5.11 Å². The number of benzene rings is 1. The molecule has 0 saturated heterocycles. The molecule has 1 unspecified atom stereocenters. The minimum Gasteiger partial charge on any atom is -0.507 e. The average Bonchev–Trinajstić information content (AvgIpc) is 2.44. The summed E-state index contributed by atoms with van der Waals surface area (Å²) in [6.07, 6.45) is 7.32. The highest BCUT2D eigenvalue weighted by molar-refractivity contribution is 5.52. The molecule has 1 aliphatic carbocycles. The molecule has 0 aromatic heterocycles. The first kappa shape index (κ1) is 17.1. The number of allylic oxidation sites excluding steroid dienone is 2. The topological polar surface area (TPSA) is 20.2 Å². The van der Waals surface area contributed by atoms with E-state index in [1.54, 1.807) is 0 Å². The Labute approximate surface area is 136 Å². The second kappa shape index (κ2) is 6.89. The molecule has 1 aromatic carbocycles. The number of aryl methyl sites for hydroxylation is 1. The van der Waals surface area contributed by atoms with Gasteiger partial charge in [0.25, 0.3) is 0 Å². The van der Waals surface area contributed by atoms with Crippen molar-refractivity contribution in [3.63, 3.8) is 0 Å². The molecule has 0 spiro atoms. The van der Waals surface area contributed by atoms with E-state index in [0.717, 1.165) is 11.1 Å². The number of hydrogen-bond acceptors (Lipinski definition) is 1. The maximum atomic E-state index is 10.3. The molecule has 1 nitrogen and oxygen atoms in total. The molecular weight excluding hydrogens is 268 g/mol. The van der Waals surface area contributed by atoms with Crippen molar-refractivity contribution in [2.24, 2.45) is 5.92 Å². The van der Waals surface area contributed by atoms with Gasteiger partial charge in [-0.1, -0.05) is 31.6 Å². The van der Waals surface area contributed by atoms with E-state index in [9.17, 15) is 5.11 Å². The predicted octanol–water partition coefficient (Wildman–Crippen LogP) is 6.37. The summed E-state index contributed by atoms with van der Waals surface area (Å²) in [7, 11) is 0. The Hall–Kier alpha value is -1.24. The minimum atomic E-state index is 0.503. The molecule has 0 aliphatic heterocycles. The van der Waals surface area contributed by atoms with E-state index in [-0.39, 0.29) is 0 Å². The second-order valence-corrected chi connectivity index (χ2v) is 7.59. The van der Waals surface area contributed by atoms with Gasteiger partial charge in [0.15, 0.2) is 0 Å².